The predicted octanol–water partition coefficient (Wildman–Crippen LogP) is 1.95. The molecule has 160 valence electrons. The number of nitro benzene ring substituents is 1. The van der Waals surface area contributed by atoms with Gasteiger partial charge in [-0.3, -0.25) is 14.9 Å². The van der Waals surface area contributed by atoms with Crippen molar-refractivity contribution in [3.05, 3.63) is 64.0 Å². The van der Waals surface area contributed by atoms with E-state index in [-0.39, 0.29) is 49.3 Å². The molecule has 0 saturated carbocycles. The van der Waals surface area contributed by atoms with Crippen molar-refractivity contribution in [1.82, 2.24) is 9.21 Å². The van der Waals surface area contributed by atoms with Crippen LogP contribution in [0.4, 0.5) is 10.1 Å². The Kier molecular flexibility index (Phi) is 6.32. The lowest BCUT2D eigenvalue weighted by molar-refractivity contribution is -0.385. The lowest BCUT2D eigenvalue weighted by atomic mass is 10.2. The molecule has 30 heavy (non-hydrogen) atoms. The molecular weight excluding hydrogens is 417 g/mol. The first-order valence-electron chi connectivity index (χ1n) is 9.10. The molecule has 2 aromatic carbocycles. The lowest BCUT2D eigenvalue weighted by Gasteiger charge is -2.34. The molecule has 0 radical (unpaired) electrons. The SMILES string of the molecule is Cc1cc(OCC(=O)N2CCN(S(=O)(=O)c3cccc(F)c3)CC2)ccc1[N+](=O)[O-]. The van der Waals surface area contributed by atoms with Crippen molar-refractivity contribution < 1.29 is 27.3 Å². The highest BCUT2D eigenvalue weighted by Gasteiger charge is 2.30. The number of halogens is 1. The summed E-state index contributed by atoms with van der Waals surface area (Å²) in [4.78, 5) is 24.1. The summed E-state index contributed by atoms with van der Waals surface area (Å²) in [5, 5.41) is 10.8. The van der Waals surface area contributed by atoms with Crippen molar-refractivity contribution in [2.24, 2.45) is 0 Å². The van der Waals surface area contributed by atoms with Crippen LogP contribution in [-0.2, 0) is 14.8 Å². The monoisotopic (exact) mass is 437 g/mol. The second-order valence-electron chi connectivity index (χ2n) is 6.74. The number of piperazine rings is 1. The smallest absolute Gasteiger partial charge is 0.272 e. The highest BCUT2D eigenvalue weighted by molar-refractivity contribution is 7.89. The van der Waals surface area contributed by atoms with E-state index in [9.17, 15) is 27.7 Å². The summed E-state index contributed by atoms with van der Waals surface area (Å²) >= 11 is 0. The zero-order valence-corrected chi connectivity index (χ0v) is 17.0. The summed E-state index contributed by atoms with van der Waals surface area (Å²) in [5.41, 5.74) is 0.380. The third-order valence-electron chi connectivity index (χ3n) is 4.75. The summed E-state index contributed by atoms with van der Waals surface area (Å²) in [6.07, 6.45) is 0. The number of rotatable bonds is 6. The molecule has 1 heterocycles. The van der Waals surface area contributed by atoms with E-state index in [1.54, 1.807) is 6.92 Å². The quantitative estimate of drug-likeness (QED) is 0.505. The molecule has 1 saturated heterocycles. The maximum Gasteiger partial charge on any atom is 0.272 e. The van der Waals surface area contributed by atoms with Crippen LogP contribution in [0.5, 0.6) is 5.75 Å². The number of benzene rings is 2. The molecule has 2 aromatic rings. The van der Waals surface area contributed by atoms with Crippen molar-refractivity contribution in [2.75, 3.05) is 32.8 Å². The minimum atomic E-state index is -3.84. The molecule has 1 aliphatic rings. The Morgan fingerprint density at radius 1 is 1.17 bits per heavy atom. The van der Waals surface area contributed by atoms with E-state index in [2.05, 4.69) is 0 Å². The Morgan fingerprint density at radius 3 is 2.47 bits per heavy atom. The van der Waals surface area contributed by atoms with Crippen molar-refractivity contribution in [3.63, 3.8) is 0 Å². The van der Waals surface area contributed by atoms with Gasteiger partial charge >= 0.3 is 0 Å². The standard InChI is InChI=1S/C19H20FN3O6S/c1-14-11-16(5-6-18(14)23(25)26)29-13-19(24)21-7-9-22(10-8-21)30(27,28)17-4-2-3-15(20)12-17/h2-6,11-12H,7-10,13H2,1H3. The van der Waals surface area contributed by atoms with Gasteiger partial charge < -0.3 is 9.64 Å². The Bertz CT molecular complexity index is 1070. The van der Waals surface area contributed by atoms with Crippen molar-refractivity contribution in [3.8, 4) is 5.75 Å². The van der Waals surface area contributed by atoms with E-state index in [1.807, 2.05) is 0 Å². The van der Waals surface area contributed by atoms with Gasteiger partial charge in [0.05, 0.1) is 9.82 Å². The summed E-state index contributed by atoms with van der Waals surface area (Å²) in [5.74, 6) is -0.629. The number of sulfonamides is 1. The molecule has 1 amide bonds. The molecule has 0 unspecified atom stereocenters. The number of hydrogen-bond acceptors (Lipinski definition) is 6. The molecule has 3 rings (SSSR count). The topological polar surface area (TPSA) is 110 Å². The van der Waals surface area contributed by atoms with Crippen LogP contribution >= 0.6 is 0 Å². The number of carbonyl (C=O) groups excluding carboxylic acids is 1. The Hall–Kier alpha value is -3.05. The van der Waals surface area contributed by atoms with Crippen molar-refractivity contribution in [1.29, 1.82) is 0 Å². The van der Waals surface area contributed by atoms with Crippen LogP contribution < -0.4 is 4.74 Å². The summed E-state index contributed by atoms with van der Waals surface area (Å²) < 4.78 is 45.2. The van der Waals surface area contributed by atoms with Gasteiger partial charge in [0.15, 0.2) is 6.61 Å². The van der Waals surface area contributed by atoms with Gasteiger partial charge in [0.25, 0.3) is 11.6 Å². The average molecular weight is 437 g/mol. The zero-order valence-electron chi connectivity index (χ0n) is 16.2. The number of hydrogen-bond donors (Lipinski definition) is 0. The number of aryl methyl sites for hydroxylation is 1. The molecule has 11 heteroatoms. The summed E-state index contributed by atoms with van der Waals surface area (Å²) in [6, 6.07) is 9.01. The first-order chi connectivity index (χ1) is 14.2. The third kappa shape index (κ3) is 4.74. The largest absolute Gasteiger partial charge is 0.484 e. The number of ether oxygens (including phenoxy) is 1. The Balaban J connectivity index is 1.55. The van der Waals surface area contributed by atoms with Crippen molar-refractivity contribution >= 4 is 21.6 Å². The first-order valence-corrected chi connectivity index (χ1v) is 10.5. The first kappa shape index (κ1) is 21.7. The fraction of sp³-hybridized carbons (Fsp3) is 0.316. The molecule has 0 aliphatic carbocycles. The molecule has 0 N–H and O–H groups in total. The maximum absolute atomic E-state index is 13.4. The minimum absolute atomic E-state index is 0.0377. The van der Waals surface area contributed by atoms with Gasteiger partial charge in [0, 0.05) is 37.8 Å². The molecule has 0 atom stereocenters. The molecule has 0 spiro atoms. The Labute approximate surface area is 172 Å². The van der Waals surface area contributed by atoms with E-state index in [4.69, 9.17) is 4.74 Å². The van der Waals surface area contributed by atoms with Gasteiger partial charge in [-0.2, -0.15) is 4.31 Å². The maximum atomic E-state index is 13.4. The van der Waals surface area contributed by atoms with Crippen molar-refractivity contribution in [2.45, 2.75) is 11.8 Å². The van der Waals surface area contributed by atoms with E-state index >= 15 is 0 Å². The number of nitro groups is 1. The molecule has 1 aliphatic heterocycles. The average Bonchev–Trinajstić information content (AvgIpc) is 2.72. The van der Waals surface area contributed by atoms with Crippen LogP contribution in [0.25, 0.3) is 0 Å². The highest BCUT2D eigenvalue weighted by Crippen LogP contribution is 2.23. The van der Waals surface area contributed by atoms with E-state index in [0.29, 0.717) is 11.3 Å². The number of nitrogens with zero attached hydrogens (tertiary/aromatic N) is 3. The number of carbonyl (C=O) groups is 1. The van der Waals surface area contributed by atoms with Gasteiger partial charge in [-0.05, 0) is 37.3 Å². The summed E-state index contributed by atoms with van der Waals surface area (Å²) in [7, 11) is -3.84. The minimum Gasteiger partial charge on any atom is -0.484 e. The Morgan fingerprint density at radius 2 is 1.87 bits per heavy atom. The summed E-state index contributed by atoms with van der Waals surface area (Å²) in [6.45, 7) is 1.83. The van der Waals surface area contributed by atoms with Crippen LogP contribution in [0.15, 0.2) is 47.4 Å². The fourth-order valence-corrected chi connectivity index (χ4v) is 4.57. The van der Waals surface area contributed by atoms with E-state index in [1.165, 1.54) is 45.6 Å². The fourth-order valence-electron chi connectivity index (χ4n) is 3.11. The molecule has 0 aromatic heterocycles. The van der Waals surface area contributed by atoms with Crippen LogP contribution in [0.2, 0.25) is 0 Å². The predicted molar refractivity (Wildman–Crippen MR) is 105 cm³/mol. The van der Waals surface area contributed by atoms with Gasteiger partial charge in [-0.1, -0.05) is 6.07 Å². The number of amides is 1. The second kappa shape index (κ2) is 8.76. The third-order valence-corrected chi connectivity index (χ3v) is 6.65. The van der Waals surface area contributed by atoms with E-state index < -0.39 is 20.8 Å². The van der Waals surface area contributed by atoms with Gasteiger partial charge in [0.2, 0.25) is 10.0 Å². The van der Waals surface area contributed by atoms with Crippen LogP contribution in [0.1, 0.15) is 5.56 Å². The van der Waals surface area contributed by atoms with E-state index in [0.717, 1.165) is 6.07 Å². The zero-order chi connectivity index (χ0) is 21.9. The van der Waals surface area contributed by atoms with Crippen LogP contribution in [-0.4, -0.2) is 61.2 Å². The molecule has 0 bridgehead atoms. The normalized spacial score (nSPS) is 15.1. The molecule has 9 nitrogen and oxygen atoms in total. The highest BCUT2D eigenvalue weighted by atomic mass is 32.2. The van der Waals surface area contributed by atoms with Gasteiger partial charge in [-0.15, -0.1) is 0 Å². The van der Waals surface area contributed by atoms with Crippen LogP contribution in [0.3, 0.4) is 0 Å². The molecule has 1 fully saturated rings. The van der Waals surface area contributed by atoms with Gasteiger partial charge in [0.1, 0.15) is 11.6 Å². The van der Waals surface area contributed by atoms with Crippen LogP contribution in [0, 0.1) is 22.9 Å². The molecular formula is C19H20FN3O6S. The lowest BCUT2D eigenvalue weighted by Crippen LogP contribution is -2.51. The second-order valence-corrected chi connectivity index (χ2v) is 8.67. The van der Waals surface area contributed by atoms with Gasteiger partial charge in [-0.25, -0.2) is 12.8 Å².